The van der Waals surface area contributed by atoms with Crippen LogP contribution in [0.1, 0.15) is 90.7 Å². The van der Waals surface area contributed by atoms with E-state index in [-0.39, 0.29) is 31.4 Å². The number of fused-ring (bicyclic) bond motifs is 7. The third kappa shape index (κ3) is 7.68. The highest BCUT2D eigenvalue weighted by Gasteiger charge is 2.78. The van der Waals surface area contributed by atoms with E-state index in [0.717, 1.165) is 17.2 Å². The second-order valence-corrected chi connectivity index (χ2v) is 19.1. The zero-order valence-corrected chi connectivity index (χ0v) is 36.1. The average molecular weight is 862 g/mol. The molecule has 4 fully saturated rings. The molecule has 3 saturated carbocycles. The van der Waals surface area contributed by atoms with Crippen LogP contribution < -0.4 is 16.0 Å². The SMILES string of the molecule is C[C@H](NC(=O)OC(C)(C)C)C(=O)N[C@@H](C)C(=O)Nc1cccc(Cc2ccc(C3OCC4(C(=O)CO)[C@@H](C[C@H]5C6C[C@H](F)C7=CC(=O)C=CC7(C)[C@@]6(F)C(O)CC54C)O3)cc2)c1. The van der Waals surface area contributed by atoms with Crippen LogP contribution in [0, 0.1) is 28.1 Å². The van der Waals surface area contributed by atoms with Crippen LogP contribution in [0.2, 0.25) is 0 Å². The van der Waals surface area contributed by atoms with Gasteiger partial charge in [-0.25, -0.2) is 13.6 Å². The molecule has 1 heterocycles. The van der Waals surface area contributed by atoms with Crippen LogP contribution in [-0.2, 0) is 39.8 Å². The molecule has 1 saturated heterocycles. The minimum absolute atomic E-state index is 0.0147. The number of alkyl carbamates (subject to hydrolysis) is 1. The minimum atomic E-state index is -2.33. The Morgan fingerprint density at radius 1 is 0.968 bits per heavy atom. The van der Waals surface area contributed by atoms with Gasteiger partial charge in [-0.2, -0.15) is 0 Å². The maximum atomic E-state index is 17.8. The van der Waals surface area contributed by atoms with Crippen molar-refractivity contribution in [1.82, 2.24) is 10.6 Å². The zero-order chi connectivity index (χ0) is 45.2. The Bertz CT molecular complexity index is 2190. The number of rotatable bonds is 10. The number of carbonyl (C=O) groups excluding carboxylic acids is 5. The van der Waals surface area contributed by atoms with E-state index in [2.05, 4.69) is 16.0 Å². The molecule has 3 amide bonds. The smallest absolute Gasteiger partial charge is 0.408 e. The van der Waals surface area contributed by atoms with Gasteiger partial charge in [0.25, 0.3) is 0 Å². The minimum Gasteiger partial charge on any atom is -0.444 e. The standard InChI is InChI=1S/C47H57F2N3O10/c1-25(50-39(57)26(2)51-42(59)62-43(3,4)5)40(58)52-30-10-8-9-28(18-30)17-27-11-13-29(14-12-27)41-60-24-46(37(56)23-53)38(61-41)21-32-33-20-35(48)34-19-31(54)15-16-44(34,6)47(33,49)36(55)22-45(32,46)7/h8-16,18-19,25-26,32-33,35-36,38,41,53,55H,17,20-24H2,1-7H3,(H,50,57)(H,51,59)(H,52,58)/t25-,26-,32-,33?,35-,36?,38+,41?,44?,45?,46?,47-/m0/s1. The molecule has 2 aromatic rings. The summed E-state index contributed by atoms with van der Waals surface area (Å²) in [5.74, 6) is -3.64. The van der Waals surface area contributed by atoms with Gasteiger partial charge >= 0.3 is 6.09 Å². The molecule has 15 heteroatoms. The predicted molar refractivity (Wildman–Crippen MR) is 223 cm³/mol. The molecule has 62 heavy (non-hydrogen) atoms. The highest BCUT2D eigenvalue weighted by molar-refractivity contribution is 6.01. The fourth-order valence-corrected chi connectivity index (χ4v) is 11.0. The third-order valence-electron chi connectivity index (χ3n) is 14.2. The van der Waals surface area contributed by atoms with E-state index in [1.807, 2.05) is 36.4 Å². The summed E-state index contributed by atoms with van der Waals surface area (Å²) in [6.45, 7) is 10.5. The summed E-state index contributed by atoms with van der Waals surface area (Å²) in [6, 6.07) is 12.9. The monoisotopic (exact) mass is 861 g/mol. The van der Waals surface area contributed by atoms with Crippen molar-refractivity contribution >= 4 is 35.2 Å². The van der Waals surface area contributed by atoms with Crippen molar-refractivity contribution in [3.8, 4) is 0 Å². The molecule has 12 atom stereocenters. The topological polar surface area (TPSA) is 190 Å². The molecular weight excluding hydrogens is 805 g/mol. The second kappa shape index (κ2) is 16.4. The maximum absolute atomic E-state index is 17.8. The van der Waals surface area contributed by atoms with Gasteiger partial charge in [0.15, 0.2) is 23.5 Å². The van der Waals surface area contributed by atoms with E-state index in [9.17, 15) is 34.2 Å². The van der Waals surface area contributed by atoms with E-state index in [1.165, 1.54) is 32.9 Å². The van der Waals surface area contributed by atoms with E-state index in [1.54, 1.807) is 39.8 Å². The molecule has 5 aliphatic rings. The van der Waals surface area contributed by atoms with Gasteiger partial charge in [-0.1, -0.05) is 49.4 Å². The molecule has 0 aromatic heterocycles. The van der Waals surface area contributed by atoms with Gasteiger partial charge in [0.1, 0.15) is 30.5 Å². The number of carbonyl (C=O) groups is 5. The van der Waals surface area contributed by atoms with Gasteiger partial charge in [-0.05, 0) is 120 Å². The van der Waals surface area contributed by atoms with Crippen molar-refractivity contribution in [2.45, 2.75) is 122 Å². The number of hydrogen-bond acceptors (Lipinski definition) is 10. The van der Waals surface area contributed by atoms with Gasteiger partial charge in [-0.3, -0.25) is 19.2 Å². The number of halogens is 2. The number of alkyl halides is 2. The highest BCUT2D eigenvalue weighted by Crippen LogP contribution is 2.73. The largest absolute Gasteiger partial charge is 0.444 e. The first-order valence-electron chi connectivity index (χ1n) is 21.2. The van der Waals surface area contributed by atoms with Crippen molar-refractivity contribution in [2.24, 2.45) is 28.1 Å². The Morgan fingerprint density at radius 3 is 2.34 bits per heavy atom. The lowest BCUT2D eigenvalue weighted by Crippen LogP contribution is -2.70. The molecular formula is C47H57F2N3O10. The number of amides is 3. The summed E-state index contributed by atoms with van der Waals surface area (Å²) < 4.78 is 52.0. The van der Waals surface area contributed by atoms with Crippen LogP contribution in [0.5, 0.6) is 0 Å². The van der Waals surface area contributed by atoms with Crippen molar-refractivity contribution in [2.75, 3.05) is 18.5 Å². The first kappa shape index (κ1) is 45.2. The zero-order valence-electron chi connectivity index (χ0n) is 36.1. The van der Waals surface area contributed by atoms with Crippen LogP contribution in [0.25, 0.3) is 0 Å². The van der Waals surface area contributed by atoms with Gasteiger partial charge in [-0.15, -0.1) is 0 Å². The van der Waals surface area contributed by atoms with Crippen molar-refractivity contribution in [3.05, 3.63) is 89.0 Å². The Labute approximate surface area is 360 Å². The van der Waals surface area contributed by atoms with Crippen LogP contribution in [0.15, 0.2) is 72.3 Å². The molecule has 334 valence electrons. The normalized spacial score (nSPS) is 34.6. The fourth-order valence-electron chi connectivity index (χ4n) is 11.0. The van der Waals surface area contributed by atoms with Gasteiger partial charge < -0.3 is 40.4 Å². The van der Waals surface area contributed by atoms with Crippen LogP contribution >= 0.6 is 0 Å². The van der Waals surface area contributed by atoms with Crippen molar-refractivity contribution in [3.63, 3.8) is 0 Å². The lowest BCUT2D eigenvalue weighted by Gasteiger charge is -2.63. The summed E-state index contributed by atoms with van der Waals surface area (Å²) in [5, 5.41) is 30.0. The third-order valence-corrected chi connectivity index (χ3v) is 14.2. The summed E-state index contributed by atoms with van der Waals surface area (Å²) >= 11 is 0. The molecule has 0 spiro atoms. The lowest BCUT2D eigenvalue weighted by atomic mass is 9.43. The number of ketones is 2. The van der Waals surface area contributed by atoms with Crippen molar-refractivity contribution in [1.29, 1.82) is 0 Å². The number of allylic oxidation sites excluding steroid dienone is 4. The Balaban J connectivity index is 1.01. The number of benzene rings is 2. The number of nitrogens with one attached hydrogen (secondary N) is 3. The molecule has 2 aromatic carbocycles. The summed E-state index contributed by atoms with van der Waals surface area (Å²) in [5.41, 5.74) is -4.19. The number of Topliss-reactive ketones (excluding diaryl/α,β-unsaturated/α-hetero) is 1. The fraction of sp³-hybridized carbons (Fsp3) is 0.553. The average Bonchev–Trinajstić information content (AvgIpc) is 3.47. The van der Waals surface area contributed by atoms with Crippen LogP contribution in [0.4, 0.5) is 19.3 Å². The first-order chi connectivity index (χ1) is 29.1. The molecule has 4 aliphatic carbocycles. The number of anilines is 1. The first-order valence-corrected chi connectivity index (χ1v) is 21.2. The number of aliphatic hydroxyl groups is 2. The van der Waals surface area contributed by atoms with E-state index in [0.29, 0.717) is 17.7 Å². The second-order valence-electron chi connectivity index (χ2n) is 19.1. The predicted octanol–water partition coefficient (Wildman–Crippen LogP) is 5.52. The summed E-state index contributed by atoms with van der Waals surface area (Å²) in [7, 11) is 0. The summed E-state index contributed by atoms with van der Waals surface area (Å²) in [4.78, 5) is 63.9. The molecule has 13 nitrogen and oxygen atoms in total. The Kier molecular flexibility index (Phi) is 11.9. The summed E-state index contributed by atoms with van der Waals surface area (Å²) in [6.07, 6.45) is -1.75. The van der Waals surface area contributed by atoms with Gasteiger partial charge in [0.2, 0.25) is 11.8 Å². The Morgan fingerprint density at radius 2 is 1.66 bits per heavy atom. The molecule has 0 bridgehead atoms. The lowest BCUT2D eigenvalue weighted by molar-refractivity contribution is -0.281. The molecule has 1 aliphatic heterocycles. The molecule has 6 unspecified atom stereocenters. The number of hydrogen-bond donors (Lipinski definition) is 5. The molecule has 7 rings (SSSR count). The highest BCUT2D eigenvalue weighted by atomic mass is 19.1. The molecule has 5 N–H and O–H groups in total. The van der Waals surface area contributed by atoms with Crippen molar-refractivity contribution < 1.29 is 57.2 Å². The quantitative estimate of drug-likeness (QED) is 0.203. The number of ether oxygens (including phenoxy) is 3. The van der Waals surface area contributed by atoms with E-state index in [4.69, 9.17) is 14.2 Å². The van der Waals surface area contributed by atoms with Crippen LogP contribution in [-0.4, -0.2) is 94.6 Å². The maximum Gasteiger partial charge on any atom is 0.408 e. The van der Waals surface area contributed by atoms with Crippen LogP contribution in [0.3, 0.4) is 0 Å². The number of aliphatic hydroxyl groups excluding tert-OH is 2. The van der Waals surface area contributed by atoms with E-state index < -0.39 is 112 Å². The molecule has 0 radical (unpaired) electrons. The van der Waals surface area contributed by atoms with E-state index >= 15 is 8.78 Å². The Hall–Kier alpha value is -4.83. The van der Waals surface area contributed by atoms with Gasteiger partial charge in [0, 0.05) is 22.6 Å². The van der Waals surface area contributed by atoms with Gasteiger partial charge in [0.05, 0.1) is 24.2 Å².